The number of hydrogen-bond donors (Lipinski definition) is 1. The largest absolute Gasteiger partial charge is 0.486 e. The van der Waals surface area contributed by atoms with Crippen molar-refractivity contribution in [1.29, 1.82) is 0 Å². The smallest absolute Gasteiger partial charge is 0.227 e. The van der Waals surface area contributed by atoms with Gasteiger partial charge in [-0.1, -0.05) is 23.7 Å². The standard InChI is InChI=1S/C21H21ClN2O4/c1-13(14-2-4-16(22)5-3-14)23-21(26)15-10-20(25)24(12-15)17-6-7-18-19(11-17)28-9-8-27-18/h2-7,11,13,15H,8-10,12H2,1H3,(H,23,26)/t13-,15-/m0/s1. The minimum absolute atomic E-state index is 0.0732. The van der Waals surface area contributed by atoms with Gasteiger partial charge in [0.05, 0.1) is 12.0 Å². The normalized spacial score (nSPS) is 19.4. The predicted octanol–water partition coefficient (Wildman–Crippen LogP) is 3.34. The van der Waals surface area contributed by atoms with Crippen LogP contribution in [0.3, 0.4) is 0 Å². The van der Waals surface area contributed by atoms with Gasteiger partial charge >= 0.3 is 0 Å². The Hall–Kier alpha value is -2.73. The lowest BCUT2D eigenvalue weighted by Gasteiger charge is -2.22. The Morgan fingerprint density at radius 1 is 1.14 bits per heavy atom. The van der Waals surface area contributed by atoms with Gasteiger partial charge in [-0.2, -0.15) is 0 Å². The molecule has 0 aliphatic carbocycles. The summed E-state index contributed by atoms with van der Waals surface area (Å²) in [7, 11) is 0. The number of halogens is 1. The van der Waals surface area contributed by atoms with Crippen LogP contribution in [0.25, 0.3) is 0 Å². The lowest BCUT2D eigenvalue weighted by atomic mass is 10.1. The molecule has 2 aliphatic rings. The Morgan fingerprint density at radius 3 is 2.61 bits per heavy atom. The Morgan fingerprint density at radius 2 is 1.86 bits per heavy atom. The number of anilines is 1. The zero-order valence-electron chi connectivity index (χ0n) is 15.5. The highest BCUT2D eigenvalue weighted by Crippen LogP contribution is 2.36. The van der Waals surface area contributed by atoms with Crippen molar-refractivity contribution in [2.45, 2.75) is 19.4 Å². The summed E-state index contributed by atoms with van der Waals surface area (Å²) in [6.45, 7) is 3.26. The Kier molecular flexibility index (Phi) is 5.13. The molecule has 1 fully saturated rings. The molecule has 28 heavy (non-hydrogen) atoms. The van der Waals surface area contributed by atoms with Crippen molar-refractivity contribution in [3.63, 3.8) is 0 Å². The highest BCUT2D eigenvalue weighted by Gasteiger charge is 2.36. The van der Waals surface area contributed by atoms with Gasteiger partial charge in [0.1, 0.15) is 13.2 Å². The lowest BCUT2D eigenvalue weighted by Crippen LogP contribution is -2.34. The molecule has 4 rings (SSSR count). The zero-order chi connectivity index (χ0) is 19.7. The van der Waals surface area contributed by atoms with Crippen molar-refractivity contribution in [1.82, 2.24) is 5.32 Å². The van der Waals surface area contributed by atoms with Crippen LogP contribution in [0.1, 0.15) is 24.9 Å². The summed E-state index contributed by atoms with van der Waals surface area (Å²) >= 11 is 5.91. The molecule has 2 aliphatic heterocycles. The molecule has 0 aromatic heterocycles. The molecule has 1 saturated heterocycles. The Bertz CT molecular complexity index is 900. The second-order valence-corrected chi connectivity index (χ2v) is 7.45. The van der Waals surface area contributed by atoms with Crippen molar-refractivity contribution in [3.05, 3.63) is 53.1 Å². The van der Waals surface area contributed by atoms with E-state index in [9.17, 15) is 9.59 Å². The molecule has 146 valence electrons. The van der Waals surface area contributed by atoms with Gasteiger partial charge in [0.25, 0.3) is 0 Å². The third-order valence-corrected chi connectivity index (χ3v) is 5.31. The molecule has 0 radical (unpaired) electrons. The number of ether oxygens (including phenoxy) is 2. The first kappa shape index (κ1) is 18.6. The van der Waals surface area contributed by atoms with Crippen LogP contribution in [-0.4, -0.2) is 31.6 Å². The molecule has 2 aromatic carbocycles. The van der Waals surface area contributed by atoms with Gasteiger partial charge in [-0.15, -0.1) is 0 Å². The average molecular weight is 401 g/mol. The molecular weight excluding hydrogens is 380 g/mol. The summed E-state index contributed by atoms with van der Waals surface area (Å²) in [4.78, 5) is 26.8. The number of fused-ring (bicyclic) bond motifs is 1. The second-order valence-electron chi connectivity index (χ2n) is 7.02. The molecular formula is C21H21ClN2O4. The summed E-state index contributed by atoms with van der Waals surface area (Å²) in [6, 6.07) is 12.6. The van der Waals surface area contributed by atoms with Crippen molar-refractivity contribution in [2.24, 2.45) is 5.92 Å². The molecule has 0 bridgehead atoms. The lowest BCUT2D eigenvalue weighted by molar-refractivity contribution is -0.126. The van der Waals surface area contributed by atoms with Crippen molar-refractivity contribution < 1.29 is 19.1 Å². The fourth-order valence-corrected chi connectivity index (χ4v) is 3.62. The van der Waals surface area contributed by atoms with Gasteiger partial charge in [0, 0.05) is 29.7 Å². The van der Waals surface area contributed by atoms with Gasteiger partial charge in [-0.25, -0.2) is 0 Å². The quantitative estimate of drug-likeness (QED) is 0.854. The second kappa shape index (κ2) is 7.72. The molecule has 0 spiro atoms. The van der Waals surface area contributed by atoms with Gasteiger partial charge in [-0.05, 0) is 36.8 Å². The molecule has 2 atom stereocenters. The molecule has 1 N–H and O–H groups in total. The summed E-state index contributed by atoms with van der Waals surface area (Å²) < 4.78 is 11.1. The van der Waals surface area contributed by atoms with E-state index in [1.165, 1.54) is 0 Å². The van der Waals surface area contributed by atoms with E-state index in [1.54, 1.807) is 29.2 Å². The fourth-order valence-electron chi connectivity index (χ4n) is 3.50. The van der Waals surface area contributed by atoms with Gasteiger partial charge in [-0.3, -0.25) is 9.59 Å². The summed E-state index contributed by atoms with van der Waals surface area (Å²) in [5.74, 6) is 0.704. The van der Waals surface area contributed by atoms with Gasteiger partial charge in [0.15, 0.2) is 11.5 Å². The summed E-state index contributed by atoms with van der Waals surface area (Å²) in [6.07, 6.45) is 0.188. The first-order chi connectivity index (χ1) is 13.5. The maximum absolute atomic E-state index is 12.7. The zero-order valence-corrected chi connectivity index (χ0v) is 16.2. The fraction of sp³-hybridized carbons (Fsp3) is 0.333. The highest BCUT2D eigenvalue weighted by atomic mass is 35.5. The van der Waals surface area contributed by atoms with Crippen molar-refractivity contribution in [2.75, 3.05) is 24.7 Å². The van der Waals surface area contributed by atoms with E-state index in [0.717, 1.165) is 11.3 Å². The van der Waals surface area contributed by atoms with Crippen LogP contribution >= 0.6 is 11.6 Å². The number of benzene rings is 2. The molecule has 7 heteroatoms. The molecule has 6 nitrogen and oxygen atoms in total. The first-order valence-corrected chi connectivity index (χ1v) is 9.65. The van der Waals surface area contributed by atoms with E-state index in [1.807, 2.05) is 25.1 Å². The number of carbonyl (C=O) groups is 2. The van der Waals surface area contributed by atoms with E-state index in [4.69, 9.17) is 21.1 Å². The topological polar surface area (TPSA) is 67.9 Å². The van der Waals surface area contributed by atoms with Crippen LogP contribution in [-0.2, 0) is 9.59 Å². The van der Waals surface area contributed by atoms with Gasteiger partial charge < -0.3 is 19.7 Å². The van der Waals surface area contributed by atoms with E-state index >= 15 is 0 Å². The number of carbonyl (C=O) groups excluding carboxylic acids is 2. The first-order valence-electron chi connectivity index (χ1n) is 9.27. The molecule has 2 amide bonds. The van der Waals surface area contributed by atoms with Crippen LogP contribution < -0.4 is 19.7 Å². The third-order valence-electron chi connectivity index (χ3n) is 5.06. The summed E-state index contributed by atoms with van der Waals surface area (Å²) in [5, 5.41) is 3.65. The van der Waals surface area contributed by atoms with Crippen LogP contribution in [0.2, 0.25) is 5.02 Å². The highest BCUT2D eigenvalue weighted by molar-refractivity contribution is 6.30. The predicted molar refractivity (Wildman–Crippen MR) is 106 cm³/mol. The van der Waals surface area contributed by atoms with E-state index in [-0.39, 0.29) is 24.3 Å². The minimum atomic E-state index is -0.393. The monoisotopic (exact) mass is 400 g/mol. The van der Waals surface area contributed by atoms with E-state index < -0.39 is 5.92 Å². The molecule has 0 saturated carbocycles. The Balaban J connectivity index is 1.42. The van der Waals surface area contributed by atoms with Gasteiger partial charge in [0.2, 0.25) is 11.8 Å². The average Bonchev–Trinajstić information content (AvgIpc) is 3.10. The molecule has 2 heterocycles. The van der Waals surface area contributed by atoms with Crippen LogP contribution in [0.15, 0.2) is 42.5 Å². The molecule has 2 aromatic rings. The van der Waals surface area contributed by atoms with E-state index in [0.29, 0.717) is 36.3 Å². The third kappa shape index (κ3) is 3.78. The van der Waals surface area contributed by atoms with Crippen LogP contribution in [0.4, 0.5) is 5.69 Å². The van der Waals surface area contributed by atoms with E-state index in [2.05, 4.69) is 5.32 Å². The van der Waals surface area contributed by atoms with Crippen LogP contribution in [0.5, 0.6) is 11.5 Å². The molecule has 0 unspecified atom stereocenters. The number of nitrogens with zero attached hydrogens (tertiary/aromatic N) is 1. The summed E-state index contributed by atoms with van der Waals surface area (Å²) in [5.41, 5.74) is 1.68. The SMILES string of the molecule is C[C@H](NC(=O)[C@H]1CC(=O)N(c2ccc3c(c2)OCCO3)C1)c1ccc(Cl)cc1. The number of nitrogens with one attached hydrogen (secondary N) is 1. The van der Waals surface area contributed by atoms with Crippen LogP contribution in [0, 0.1) is 5.92 Å². The Labute approximate surface area is 168 Å². The minimum Gasteiger partial charge on any atom is -0.486 e. The maximum Gasteiger partial charge on any atom is 0.227 e. The number of rotatable bonds is 4. The number of hydrogen-bond acceptors (Lipinski definition) is 4. The number of amides is 2. The van der Waals surface area contributed by atoms with Crippen molar-refractivity contribution in [3.8, 4) is 11.5 Å². The maximum atomic E-state index is 12.7. The van der Waals surface area contributed by atoms with Crippen molar-refractivity contribution >= 4 is 29.1 Å².